The molecule has 0 N–H and O–H groups in total. The lowest BCUT2D eigenvalue weighted by atomic mass is 10.1. The average Bonchev–Trinajstić information content (AvgIpc) is 2.99. The summed E-state index contributed by atoms with van der Waals surface area (Å²) in [4.78, 5) is 26.1. The summed E-state index contributed by atoms with van der Waals surface area (Å²) in [6.07, 6.45) is 10.2. The number of rotatable bonds is 10. The zero-order valence-electron chi connectivity index (χ0n) is 14.6. The summed E-state index contributed by atoms with van der Waals surface area (Å²) in [5.41, 5.74) is 0.954. The van der Waals surface area contributed by atoms with Crippen molar-refractivity contribution in [1.82, 2.24) is 4.90 Å². The van der Waals surface area contributed by atoms with Gasteiger partial charge < -0.3 is 0 Å². The van der Waals surface area contributed by atoms with Crippen LogP contribution in [-0.4, -0.2) is 22.5 Å². The smallest absolute Gasteiger partial charge is 0.240 e. The summed E-state index contributed by atoms with van der Waals surface area (Å²) in [5.74, 6) is 0.225. The number of allylic oxidation sites excluding steroid dienone is 1. The molecule has 1 unspecified atom stereocenters. The Kier molecular flexibility index (Phi) is 8.56. The normalized spacial score (nSPS) is 17.1. The molecule has 5 heteroatoms. The van der Waals surface area contributed by atoms with Gasteiger partial charge in [0.2, 0.25) is 11.8 Å². The number of carbonyl (C=O) groups is 2. The van der Waals surface area contributed by atoms with Crippen molar-refractivity contribution in [1.29, 1.82) is 0 Å². The first kappa shape index (κ1) is 20.1. The standard InChI is InChI=1S/C20H26ClNO2S/c1-2-3-4-5-6-7-8-9-10-18(23)22-19(24)15-25-20(22)16-11-13-17(21)14-12-16/h2,11-14,20H,1,3-10,15H2. The molecule has 1 aromatic rings. The highest BCUT2D eigenvalue weighted by atomic mass is 35.5. The lowest BCUT2D eigenvalue weighted by Crippen LogP contribution is -2.34. The van der Waals surface area contributed by atoms with Crippen molar-refractivity contribution >= 4 is 35.2 Å². The van der Waals surface area contributed by atoms with Gasteiger partial charge in [-0.15, -0.1) is 18.3 Å². The molecule has 136 valence electrons. The molecule has 1 aliphatic rings. The van der Waals surface area contributed by atoms with E-state index in [0.717, 1.165) is 31.2 Å². The second kappa shape index (κ2) is 10.7. The minimum atomic E-state index is -0.212. The summed E-state index contributed by atoms with van der Waals surface area (Å²) < 4.78 is 0. The zero-order chi connectivity index (χ0) is 18.1. The predicted molar refractivity (Wildman–Crippen MR) is 106 cm³/mol. The highest BCUT2D eigenvalue weighted by Gasteiger charge is 2.36. The molecule has 1 fully saturated rings. The van der Waals surface area contributed by atoms with E-state index in [-0.39, 0.29) is 17.2 Å². The van der Waals surface area contributed by atoms with Gasteiger partial charge in [0.1, 0.15) is 5.37 Å². The molecule has 0 aromatic heterocycles. The van der Waals surface area contributed by atoms with E-state index in [4.69, 9.17) is 11.6 Å². The van der Waals surface area contributed by atoms with Crippen LogP contribution in [0.4, 0.5) is 0 Å². The quantitative estimate of drug-likeness (QED) is 0.383. The summed E-state index contributed by atoms with van der Waals surface area (Å²) in [6, 6.07) is 7.38. The van der Waals surface area contributed by atoms with E-state index in [9.17, 15) is 9.59 Å². The van der Waals surface area contributed by atoms with Gasteiger partial charge in [0.25, 0.3) is 0 Å². The van der Waals surface area contributed by atoms with Gasteiger partial charge in [-0.3, -0.25) is 14.5 Å². The second-order valence-corrected chi connectivity index (χ2v) is 7.83. The van der Waals surface area contributed by atoms with Gasteiger partial charge in [-0.1, -0.05) is 55.5 Å². The lowest BCUT2D eigenvalue weighted by molar-refractivity contribution is -0.143. The van der Waals surface area contributed by atoms with Crippen molar-refractivity contribution in [2.45, 2.75) is 56.7 Å². The number of imide groups is 1. The Labute approximate surface area is 159 Å². The Morgan fingerprint density at radius 2 is 1.80 bits per heavy atom. The third kappa shape index (κ3) is 6.19. The van der Waals surface area contributed by atoms with Gasteiger partial charge in [0, 0.05) is 11.4 Å². The maximum atomic E-state index is 12.5. The van der Waals surface area contributed by atoms with Crippen LogP contribution in [0.1, 0.15) is 62.3 Å². The highest BCUT2D eigenvalue weighted by molar-refractivity contribution is 8.00. The van der Waals surface area contributed by atoms with Crippen LogP contribution in [0.5, 0.6) is 0 Å². The summed E-state index contributed by atoms with van der Waals surface area (Å²) in [7, 11) is 0. The number of benzene rings is 1. The molecule has 0 spiro atoms. The largest absolute Gasteiger partial charge is 0.274 e. The average molecular weight is 380 g/mol. The fraction of sp³-hybridized carbons (Fsp3) is 0.500. The third-order valence-electron chi connectivity index (χ3n) is 4.34. The van der Waals surface area contributed by atoms with Crippen molar-refractivity contribution < 1.29 is 9.59 Å². The number of halogens is 1. The molecular formula is C20H26ClNO2S. The first-order valence-corrected chi connectivity index (χ1v) is 10.4. The van der Waals surface area contributed by atoms with Crippen LogP contribution in [0.2, 0.25) is 5.02 Å². The van der Waals surface area contributed by atoms with Crippen molar-refractivity contribution in [2.75, 3.05) is 5.75 Å². The van der Waals surface area contributed by atoms with Gasteiger partial charge in [-0.25, -0.2) is 0 Å². The molecular weight excluding hydrogens is 354 g/mol. The summed E-state index contributed by atoms with van der Waals surface area (Å²) >= 11 is 7.43. The second-order valence-electron chi connectivity index (χ2n) is 6.32. The molecule has 0 radical (unpaired) electrons. The maximum Gasteiger partial charge on any atom is 0.240 e. The number of unbranched alkanes of at least 4 members (excludes halogenated alkanes) is 6. The third-order valence-corrected chi connectivity index (χ3v) is 5.80. The number of thioether (sulfide) groups is 1. The van der Waals surface area contributed by atoms with E-state index in [1.807, 2.05) is 18.2 Å². The Morgan fingerprint density at radius 1 is 1.16 bits per heavy atom. The number of hydrogen-bond acceptors (Lipinski definition) is 3. The van der Waals surface area contributed by atoms with Crippen LogP contribution in [0.25, 0.3) is 0 Å². The molecule has 0 bridgehead atoms. The Bertz CT molecular complexity index is 588. The molecule has 1 aromatic carbocycles. The number of hydrogen-bond donors (Lipinski definition) is 0. The van der Waals surface area contributed by atoms with Gasteiger partial charge in [0.05, 0.1) is 5.75 Å². The monoisotopic (exact) mass is 379 g/mol. The highest BCUT2D eigenvalue weighted by Crippen LogP contribution is 2.39. The van der Waals surface area contributed by atoms with E-state index in [2.05, 4.69) is 6.58 Å². The minimum Gasteiger partial charge on any atom is -0.274 e. The minimum absolute atomic E-state index is 0.0541. The van der Waals surface area contributed by atoms with Gasteiger partial charge in [-0.2, -0.15) is 0 Å². The molecule has 0 saturated carbocycles. The first-order valence-electron chi connectivity index (χ1n) is 8.96. The van der Waals surface area contributed by atoms with E-state index in [0.29, 0.717) is 17.2 Å². The van der Waals surface area contributed by atoms with Crippen LogP contribution >= 0.6 is 23.4 Å². The predicted octanol–water partition coefficient (Wildman–Crippen LogP) is 5.75. The fourth-order valence-corrected chi connectivity index (χ4v) is 4.26. The van der Waals surface area contributed by atoms with Crippen molar-refractivity contribution in [3.8, 4) is 0 Å². The zero-order valence-corrected chi connectivity index (χ0v) is 16.2. The van der Waals surface area contributed by atoms with Gasteiger partial charge >= 0.3 is 0 Å². The van der Waals surface area contributed by atoms with Crippen LogP contribution < -0.4 is 0 Å². The fourth-order valence-electron chi connectivity index (χ4n) is 2.96. The summed E-state index contributed by atoms with van der Waals surface area (Å²) in [6.45, 7) is 3.73. The Balaban J connectivity index is 1.77. The molecule has 1 aliphatic heterocycles. The molecule has 1 saturated heterocycles. The topological polar surface area (TPSA) is 37.4 Å². The maximum absolute atomic E-state index is 12.5. The molecule has 1 atom stereocenters. The Hall–Kier alpha value is -1.26. The van der Waals surface area contributed by atoms with Crippen LogP contribution in [-0.2, 0) is 9.59 Å². The van der Waals surface area contributed by atoms with E-state index in [1.165, 1.54) is 35.9 Å². The van der Waals surface area contributed by atoms with Crippen molar-refractivity contribution in [2.24, 2.45) is 0 Å². The molecule has 0 aliphatic carbocycles. The van der Waals surface area contributed by atoms with Crippen LogP contribution in [0.15, 0.2) is 36.9 Å². The van der Waals surface area contributed by atoms with Gasteiger partial charge in [0.15, 0.2) is 0 Å². The number of nitrogens with zero attached hydrogens (tertiary/aromatic N) is 1. The van der Waals surface area contributed by atoms with Gasteiger partial charge in [-0.05, 0) is 37.0 Å². The molecule has 1 heterocycles. The van der Waals surface area contributed by atoms with E-state index >= 15 is 0 Å². The van der Waals surface area contributed by atoms with Crippen molar-refractivity contribution in [3.63, 3.8) is 0 Å². The molecule has 25 heavy (non-hydrogen) atoms. The number of amides is 2. The van der Waals surface area contributed by atoms with Crippen molar-refractivity contribution in [3.05, 3.63) is 47.5 Å². The number of carbonyl (C=O) groups excluding carboxylic acids is 2. The SMILES string of the molecule is C=CCCCCCCCCC(=O)N1C(=O)CSC1c1ccc(Cl)cc1. The Morgan fingerprint density at radius 3 is 2.48 bits per heavy atom. The van der Waals surface area contributed by atoms with Crippen LogP contribution in [0.3, 0.4) is 0 Å². The van der Waals surface area contributed by atoms with Crippen LogP contribution in [0, 0.1) is 0 Å². The summed E-state index contributed by atoms with van der Waals surface area (Å²) in [5, 5.41) is 0.445. The first-order chi connectivity index (χ1) is 12.1. The molecule has 2 rings (SSSR count). The lowest BCUT2D eigenvalue weighted by Gasteiger charge is -2.22. The molecule has 2 amide bonds. The van der Waals surface area contributed by atoms with E-state index < -0.39 is 0 Å². The van der Waals surface area contributed by atoms with E-state index in [1.54, 1.807) is 12.1 Å². The molecule has 3 nitrogen and oxygen atoms in total.